The Bertz CT molecular complexity index is 408. The molecule has 0 spiro atoms. The third kappa shape index (κ3) is 7.20. The zero-order chi connectivity index (χ0) is 16.0. The number of hydrogen-bond acceptors (Lipinski definition) is 3. The lowest BCUT2D eigenvalue weighted by Gasteiger charge is -2.28. The fraction of sp³-hybridized carbons (Fsp3) is 0.600. The Balaban J connectivity index is 2.46. The van der Waals surface area contributed by atoms with Gasteiger partial charge in [0.1, 0.15) is 0 Å². The molecule has 1 aromatic carbocycles. The maximum Gasteiger partial charge on any atom is 0.446 e. The van der Waals surface area contributed by atoms with E-state index in [9.17, 15) is 13.2 Å². The van der Waals surface area contributed by atoms with Crippen molar-refractivity contribution in [2.75, 3.05) is 20.6 Å². The first-order valence-electron chi connectivity index (χ1n) is 6.91. The molecule has 1 aromatic rings. The summed E-state index contributed by atoms with van der Waals surface area (Å²) in [6.07, 6.45) is 0. The van der Waals surface area contributed by atoms with Crippen molar-refractivity contribution >= 4 is 11.8 Å². The van der Waals surface area contributed by atoms with Crippen LogP contribution in [-0.4, -0.2) is 37.1 Å². The van der Waals surface area contributed by atoms with Gasteiger partial charge in [-0.1, -0.05) is 26.0 Å². The Hall–Kier alpha value is -0.720. The summed E-state index contributed by atoms with van der Waals surface area (Å²) in [4.78, 5) is 2.40. The zero-order valence-electron chi connectivity index (χ0n) is 12.9. The Morgan fingerprint density at radius 1 is 1.14 bits per heavy atom. The minimum Gasteiger partial charge on any atom is -0.311 e. The number of hydrogen-bond donors (Lipinski definition) is 1. The van der Waals surface area contributed by atoms with Gasteiger partial charge in [0.25, 0.3) is 0 Å². The molecule has 0 aliphatic heterocycles. The third-order valence-corrected chi connectivity index (χ3v) is 4.01. The van der Waals surface area contributed by atoms with Crippen molar-refractivity contribution in [3.8, 4) is 0 Å². The van der Waals surface area contributed by atoms with Gasteiger partial charge in [0.2, 0.25) is 0 Å². The number of likely N-dealkylation sites (N-methyl/N-ethyl adjacent to an activating group) is 1. The summed E-state index contributed by atoms with van der Waals surface area (Å²) in [6, 6.07) is 6.94. The van der Waals surface area contributed by atoms with Crippen LogP contribution in [0, 0.1) is 5.92 Å². The molecule has 0 aliphatic rings. The molecule has 1 N–H and O–H groups in total. The first-order chi connectivity index (χ1) is 9.69. The van der Waals surface area contributed by atoms with Gasteiger partial charge in [-0.2, -0.15) is 13.2 Å². The van der Waals surface area contributed by atoms with Crippen LogP contribution in [-0.2, 0) is 6.54 Å². The topological polar surface area (TPSA) is 15.3 Å². The van der Waals surface area contributed by atoms with E-state index in [-0.39, 0.29) is 16.7 Å². The molecule has 0 amide bonds. The van der Waals surface area contributed by atoms with Crippen molar-refractivity contribution < 1.29 is 13.2 Å². The van der Waals surface area contributed by atoms with Crippen molar-refractivity contribution in [1.82, 2.24) is 10.2 Å². The number of benzene rings is 1. The quantitative estimate of drug-likeness (QED) is 0.765. The van der Waals surface area contributed by atoms with Crippen molar-refractivity contribution in [3.63, 3.8) is 0 Å². The fourth-order valence-corrected chi connectivity index (χ4v) is 2.73. The molecule has 21 heavy (non-hydrogen) atoms. The summed E-state index contributed by atoms with van der Waals surface area (Å²) in [5.41, 5.74) is -3.24. The molecule has 0 radical (unpaired) electrons. The van der Waals surface area contributed by atoms with Gasteiger partial charge in [0.15, 0.2) is 0 Å². The highest BCUT2D eigenvalue weighted by Gasteiger charge is 2.28. The molecule has 120 valence electrons. The van der Waals surface area contributed by atoms with Crippen LogP contribution in [0.1, 0.15) is 19.4 Å². The highest BCUT2D eigenvalue weighted by atomic mass is 32.2. The van der Waals surface area contributed by atoms with Gasteiger partial charge in [0.05, 0.1) is 0 Å². The minimum atomic E-state index is -4.23. The fourth-order valence-electron chi connectivity index (χ4n) is 2.19. The Labute approximate surface area is 129 Å². The Kier molecular flexibility index (Phi) is 7.03. The maximum atomic E-state index is 12.2. The van der Waals surface area contributed by atoms with Crippen LogP contribution in [0.3, 0.4) is 0 Å². The molecule has 1 atom stereocenters. The molecule has 0 bridgehead atoms. The largest absolute Gasteiger partial charge is 0.446 e. The summed E-state index contributed by atoms with van der Waals surface area (Å²) in [6.45, 7) is 5.86. The van der Waals surface area contributed by atoms with Gasteiger partial charge in [-0.15, -0.1) is 0 Å². The molecule has 1 unspecified atom stereocenters. The van der Waals surface area contributed by atoms with Crippen molar-refractivity contribution in [1.29, 1.82) is 0 Å². The number of thioether (sulfide) groups is 1. The van der Waals surface area contributed by atoms with Gasteiger partial charge in [-0.3, -0.25) is 0 Å². The van der Waals surface area contributed by atoms with Crippen molar-refractivity contribution in [2.45, 2.75) is 36.8 Å². The van der Waals surface area contributed by atoms with Crippen LogP contribution in [0.5, 0.6) is 0 Å². The maximum absolute atomic E-state index is 12.2. The van der Waals surface area contributed by atoms with E-state index < -0.39 is 5.51 Å². The van der Waals surface area contributed by atoms with Crippen LogP contribution in [0.15, 0.2) is 29.2 Å². The van der Waals surface area contributed by atoms with Crippen LogP contribution in [0.4, 0.5) is 13.2 Å². The summed E-state index contributed by atoms with van der Waals surface area (Å²) in [5.74, 6) is 0.540. The number of halogens is 3. The van der Waals surface area contributed by atoms with E-state index in [4.69, 9.17) is 0 Å². The smallest absolute Gasteiger partial charge is 0.311 e. The molecular weight excluding hydrogens is 297 g/mol. The predicted octanol–water partition coefficient (Wildman–Crippen LogP) is 3.97. The lowest BCUT2D eigenvalue weighted by atomic mass is 10.0. The van der Waals surface area contributed by atoms with E-state index >= 15 is 0 Å². The Morgan fingerprint density at radius 2 is 1.71 bits per heavy atom. The van der Waals surface area contributed by atoms with Crippen molar-refractivity contribution in [3.05, 3.63) is 29.8 Å². The minimum absolute atomic E-state index is 0.0811. The molecule has 2 nitrogen and oxygen atoms in total. The number of nitrogens with one attached hydrogen (secondary N) is 1. The molecule has 0 saturated carbocycles. The average molecular weight is 320 g/mol. The second kappa shape index (κ2) is 8.06. The number of nitrogens with zero attached hydrogens (tertiary/aromatic N) is 1. The van der Waals surface area contributed by atoms with Gasteiger partial charge in [-0.05, 0) is 49.5 Å². The summed E-state index contributed by atoms with van der Waals surface area (Å²) >= 11 is -0.0811. The van der Waals surface area contributed by atoms with E-state index in [0.717, 1.165) is 12.1 Å². The second-order valence-corrected chi connectivity index (χ2v) is 6.74. The molecule has 1 rings (SSSR count). The van der Waals surface area contributed by atoms with E-state index in [1.54, 1.807) is 12.1 Å². The van der Waals surface area contributed by atoms with E-state index in [1.807, 2.05) is 0 Å². The van der Waals surface area contributed by atoms with Gasteiger partial charge < -0.3 is 10.2 Å². The molecule has 0 saturated heterocycles. The predicted molar refractivity (Wildman–Crippen MR) is 82.4 cm³/mol. The molecular formula is C15H23F3N2S. The molecule has 0 fully saturated rings. The highest BCUT2D eigenvalue weighted by Crippen LogP contribution is 2.36. The SMILES string of the molecule is CC(C)C(CNCc1ccc(SC(F)(F)F)cc1)N(C)C. The molecule has 0 aromatic heterocycles. The Morgan fingerprint density at radius 3 is 2.14 bits per heavy atom. The lowest BCUT2D eigenvalue weighted by Crippen LogP contribution is -2.41. The van der Waals surface area contributed by atoms with Gasteiger partial charge in [-0.25, -0.2) is 0 Å². The summed E-state index contributed by atoms with van der Waals surface area (Å²) < 4.78 is 36.7. The van der Waals surface area contributed by atoms with Crippen LogP contribution >= 0.6 is 11.8 Å². The zero-order valence-corrected chi connectivity index (χ0v) is 13.7. The number of alkyl halides is 3. The molecule has 0 heterocycles. The monoisotopic (exact) mass is 320 g/mol. The normalized spacial score (nSPS) is 14.0. The lowest BCUT2D eigenvalue weighted by molar-refractivity contribution is -0.0328. The second-order valence-electron chi connectivity index (χ2n) is 5.60. The number of rotatable bonds is 7. The summed E-state index contributed by atoms with van der Waals surface area (Å²) in [5, 5.41) is 3.36. The van der Waals surface area contributed by atoms with Crippen LogP contribution in [0.25, 0.3) is 0 Å². The van der Waals surface area contributed by atoms with Gasteiger partial charge >= 0.3 is 5.51 Å². The summed E-state index contributed by atoms with van der Waals surface area (Å²) in [7, 11) is 4.10. The molecule has 6 heteroatoms. The van der Waals surface area contributed by atoms with E-state index in [1.165, 1.54) is 12.1 Å². The molecule has 0 aliphatic carbocycles. The third-order valence-electron chi connectivity index (χ3n) is 3.27. The van der Waals surface area contributed by atoms with E-state index in [0.29, 0.717) is 18.5 Å². The van der Waals surface area contributed by atoms with E-state index in [2.05, 4.69) is 38.2 Å². The van der Waals surface area contributed by atoms with Crippen LogP contribution < -0.4 is 5.32 Å². The van der Waals surface area contributed by atoms with Gasteiger partial charge in [0, 0.05) is 24.0 Å². The standard InChI is InChI=1S/C15H23F3N2S/c1-11(2)14(20(3)4)10-19-9-12-5-7-13(8-6-12)21-15(16,17)18/h5-8,11,14,19H,9-10H2,1-4H3. The highest BCUT2D eigenvalue weighted by molar-refractivity contribution is 8.00. The van der Waals surface area contributed by atoms with Crippen molar-refractivity contribution in [2.24, 2.45) is 5.92 Å². The average Bonchev–Trinajstić information content (AvgIpc) is 2.33. The van der Waals surface area contributed by atoms with Crippen LogP contribution in [0.2, 0.25) is 0 Å². The first kappa shape index (κ1) is 18.3. The first-order valence-corrected chi connectivity index (χ1v) is 7.72.